The first-order valence-electron chi connectivity index (χ1n) is 7.78. The molecule has 0 atom stereocenters. The van der Waals surface area contributed by atoms with Crippen LogP contribution in [-0.2, 0) is 23.2 Å². The van der Waals surface area contributed by atoms with Gasteiger partial charge in [0.2, 0.25) is 0 Å². The Balaban J connectivity index is 0.00000200. The van der Waals surface area contributed by atoms with Crippen LogP contribution in [0.25, 0.3) is 0 Å². The fourth-order valence-electron chi connectivity index (χ4n) is 3.02. The van der Waals surface area contributed by atoms with Crippen LogP contribution in [0.2, 0.25) is 6.25 Å². The van der Waals surface area contributed by atoms with Crippen molar-refractivity contribution in [3.8, 4) is 0 Å². The zero-order chi connectivity index (χ0) is 13.6. The summed E-state index contributed by atoms with van der Waals surface area (Å²) in [5, 5.41) is 0. The van der Waals surface area contributed by atoms with Gasteiger partial charge in [-0.1, -0.05) is 0 Å². The number of rotatable bonds is 8. The molecule has 0 unspecified atom stereocenters. The van der Waals surface area contributed by atoms with E-state index in [0.29, 0.717) is 6.25 Å². The maximum atomic E-state index is 2.52. The molecule has 0 aromatic carbocycles. The van der Waals surface area contributed by atoms with Gasteiger partial charge in [-0.25, -0.2) is 0 Å². The van der Waals surface area contributed by atoms with Crippen LogP contribution in [0.4, 0.5) is 0 Å². The number of hydrogen-bond acceptors (Lipinski definition) is 0. The molecule has 2 rings (SSSR count). The van der Waals surface area contributed by atoms with Gasteiger partial charge in [-0.2, -0.15) is 0 Å². The molecule has 0 N–H and O–H groups in total. The minimum absolute atomic E-state index is 0. The average Bonchev–Trinajstić information content (AvgIpc) is 3.05. The zero-order valence-corrected chi connectivity index (χ0v) is 17.1. The Labute approximate surface area is 154 Å². The van der Waals surface area contributed by atoms with Crippen molar-refractivity contribution in [2.75, 3.05) is 0 Å². The van der Waals surface area contributed by atoms with Crippen LogP contribution in [0.3, 0.4) is 0 Å². The Kier molecular flexibility index (Phi) is 10.5. The van der Waals surface area contributed by atoms with Gasteiger partial charge in [-0.15, -0.1) is 0 Å². The third-order valence-electron chi connectivity index (χ3n) is 4.15. The molecular formula is C18H26Cl2Zr. The van der Waals surface area contributed by atoms with Gasteiger partial charge in [0.25, 0.3) is 0 Å². The molecule has 2 aliphatic rings. The first-order valence-corrected chi connectivity index (χ1v) is 10.2. The summed E-state index contributed by atoms with van der Waals surface area (Å²) in [5.74, 6) is 0. The van der Waals surface area contributed by atoms with Crippen molar-refractivity contribution >= 4 is 0 Å². The number of allylic oxidation sites excluding steroid dienone is 8. The molecule has 0 heterocycles. The average molecular weight is 405 g/mol. The monoisotopic (exact) mass is 402 g/mol. The van der Waals surface area contributed by atoms with Crippen molar-refractivity contribution in [3.63, 3.8) is 0 Å². The van der Waals surface area contributed by atoms with E-state index in [9.17, 15) is 0 Å². The van der Waals surface area contributed by atoms with E-state index >= 15 is 0 Å². The fourth-order valence-corrected chi connectivity index (χ4v) is 8.40. The molecule has 0 saturated heterocycles. The third kappa shape index (κ3) is 5.85. The summed E-state index contributed by atoms with van der Waals surface area (Å²) in [4.78, 5) is 0. The van der Waals surface area contributed by atoms with E-state index in [0.717, 1.165) is 0 Å². The SMILES string of the molecule is CCCC[C]1([Zr+2][C]2(CCCC)C=CC=C2)C=CC=C1.[Cl-].[Cl-]. The Morgan fingerprint density at radius 2 is 1.00 bits per heavy atom. The molecule has 2 aliphatic carbocycles. The van der Waals surface area contributed by atoms with Crippen LogP contribution in [0.15, 0.2) is 48.6 Å². The van der Waals surface area contributed by atoms with Crippen LogP contribution in [0, 0.1) is 0 Å². The van der Waals surface area contributed by atoms with Crippen molar-refractivity contribution in [2.45, 2.75) is 58.6 Å². The molecule has 0 aromatic heterocycles. The molecule has 0 aromatic rings. The van der Waals surface area contributed by atoms with Crippen LogP contribution >= 0.6 is 0 Å². The van der Waals surface area contributed by atoms with Gasteiger partial charge in [0.15, 0.2) is 0 Å². The maximum Gasteiger partial charge on any atom is -1.00 e. The number of unbranched alkanes of at least 4 members (excludes halogenated alkanes) is 2. The van der Waals surface area contributed by atoms with E-state index < -0.39 is 23.2 Å². The van der Waals surface area contributed by atoms with Crippen molar-refractivity contribution in [1.29, 1.82) is 0 Å². The molecule has 0 nitrogen and oxygen atoms in total. The predicted molar refractivity (Wildman–Crippen MR) is 81.0 cm³/mol. The first kappa shape index (κ1) is 21.4. The second kappa shape index (κ2) is 10.2. The minimum atomic E-state index is -0.571. The van der Waals surface area contributed by atoms with Gasteiger partial charge in [-0.3, -0.25) is 0 Å². The zero-order valence-electron chi connectivity index (χ0n) is 13.1. The van der Waals surface area contributed by atoms with Gasteiger partial charge in [-0.05, 0) is 0 Å². The standard InChI is InChI=1S/2C9H13.2ClH.Zr/c2*1-2-3-6-9-7-4-5-8-9;;;/h2*4-5,7-8H,2-3,6H2,1H3;2*1H;/q;;;;+2/p-2. The summed E-state index contributed by atoms with van der Waals surface area (Å²) in [5.41, 5.74) is 0. The molecule has 0 radical (unpaired) electrons. The van der Waals surface area contributed by atoms with Crippen molar-refractivity contribution in [3.05, 3.63) is 48.6 Å². The minimum Gasteiger partial charge on any atom is -1.00 e. The van der Waals surface area contributed by atoms with Crippen LogP contribution in [0.1, 0.15) is 52.4 Å². The maximum absolute atomic E-state index is 2.52. The summed E-state index contributed by atoms with van der Waals surface area (Å²) < 4.78 is 0.957. The second-order valence-corrected chi connectivity index (χ2v) is 11.0. The Bertz CT molecular complexity index is 345. The second-order valence-electron chi connectivity index (χ2n) is 5.85. The van der Waals surface area contributed by atoms with Gasteiger partial charge in [0, 0.05) is 0 Å². The quantitative estimate of drug-likeness (QED) is 0.536. The fraction of sp³-hybridized carbons (Fsp3) is 0.556. The molecule has 0 spiro atoms. The third-order valence-corrected chi connectivity index (χ3v) is 9.31. The van der Waals surface area contributed by atoms with Crippen LogP contribution in [-0.4, -0.2) is 0 Å². The molecule has 0 saturated carbocycles. The molecule has 21 heavy (non-hydrogen) atoms. The topological polar surface area (TPSA) is 0 Å². The predicted octanol–water partition coefficient (Wildman–Crippen LogP) is 0.0267. The van der Waals surface area contributed by atoms with Crippen LogP contribution < -0.4 is 24.8 Å². The summed E-state index contributed by atoms with van der Waals surface area (Å²) in [6, 6.07) is 0. The van der Waals surface area contributed by atoms with Gasteiger partial charge >= 0.3 is 130 Å². The smallest absolute Gasteiger partial charge is 1.00 e. The Hall–Kier alpha value is 0.423. The van der Waals surface area contributed by atoms with Crippen molar-refractivity contribution in [2.24, 2.45) is 0 Å². The molecule has 3 heteroatoms. The summed E-state index contributed by atoms with van der Waals surface area (Å²) >= 11 is -0.571. The van der Waals surface area contributed by atoms with E-state index in [1.807, 2.05) is 0 Å². The summed E-state index contributed by atoms with van der Waals surface area (Å²) in [7, 11) is 0. The molecule has 0 fully saturated rings. The van der Waals surface area contributed by atoms with E-state index in [1.54, 1.807) is 0 Å². The van der Waals surface area contributed by atoms with E-state index in [4.69, 9.17) is 0 Å². The van der Waals surface area contributed by atoms with E-state index in [2.05, 4.69) is 62.5 Å². The van der Waals surface area contributed by atoms with Gasteiger partial charge in [0.1, 0.15) is 0 Å². The van der Waals surface area contributed by atoms with Gasteiger partial charge < -0.3 is 24.8 Å². The largest absolute Gasteiger partial charge is 1.00 e. The van der Waals surface area contributed by atoms with Crippen LogP contribution in [0.5, 0.6) is 0 Å². The Morgan fingerprint density at radius 1 is 0.667 bits per heavy atom. The summed E-state index contributed by atoms with van der Waals surface area (Å²) in [6.07, 6.45) is 27.3. The molecular weight excluding hydrogens is 378 g/mol. The molecule has 0 aliphatic heterocycles. The van der Waals surface area contributed by atoms with E-state index in [-0.39, 0.29) is 24.8 Å². The first-order chi connectivity index (χ1) is 9.24. The van der Waals surface area contributed by atoms with E-state index in [1.165, 1.54) is 38.5 Å². The number of hydrogen-bond donors (Lipinski definition) is 0. The number of halogens is 2. The molecule has 0 bridgehead atoms. The summed E-state index contributed by atoms with van der Waals surface area (Å²) in [6.45, 7) is 4.62. The van der Waals surface area contributed by atoms with Crippen molar-refractivity contribution < 1.29 is 48.0 Å². The van der Waals surface area contributed by atoms with Gasteiger partial charge in [0.05, 0.1) is 0 Å². The Morgan fingerprint density at radius 3 is 1.29 bits per heavy atom. The molecule has 116 valence electrons. The molecule has 0 amide bonds. The van der Waals surface area contributed by atoms with Crippen molar-refractivity contribution in [1.82, 2.24) is 0 Å². The normalized spacial score (nSPS) is 19.1.